The molecule has 0 aromatic heterocycles. The molecule has 0 aliphatic heterocycles. The molecular formula is C29H48O. The van der Waals surface area contributed by atoms with Crippen molar-refractivity contribution in [2.45, 2.75) is 105 Å². The number of hydrogen-bond donors (Lipinski definition) is 1. The average molecular weight is 413 g/mol. The first-order chi connectivity index (χ1) is 14.2. The summed E-state index contributed by atoms with van der Waals surface area (Å²) in [6, 6.07) is 0. The van der Waals surface area contributed by atoms with Gasteiger partial charge < -0.3 is 5.11 Å². The molecule has 3 saturated carbocycles. The van der Waals surface area contributed by atoms with Crippen molar-refractivity contribution in [2.24, 2.45) is 52.3 Å². The van der Waals surface area contributed by atoms with Gasteiger partial charge in [-0.2, -0.15) is 0 Å². The van der Waals surface area contributed by atoms with E-state index in [4.69, 9.17) is 0 Å². The van der Waals surface area contributed by atoms with Gasteiger partial charge in [-0.15, -0.1) is 0 Å². The maximum Gasteiger partial charge on any atom is 0.0577 e. The second kappa shape index (κ2) is 8.42. The van der Waals surface area contributed by atoms with E-state index in [1.807, 2.05) is 0 Å². The molecule has 30 heavy (non-hydrogen) atoms. The van der Waals surface area contributed by atoms with Gasteiger partial charge in [-0.25, -0.2) is 0 Å². The molecule has 0 aromatic rings. The van der Waals surface area contributed by atoms with Crippen LogP contribution in [0.2, 0.25) is 0 Å². The van der Waals surface area contributed by atoms with E-state index in [9.17, 15) is 5.11 Å². The molecule has 0 radical (unpaired) electrons. The lowest BCUT2D eigenvalue weighted by molar-refractivity contribution is -0.0540. The molecule has 1 N–H and O–H groups in total. The predicted molar refractivity (Wildman–Crippen MR) is 128 cm³/mol. The Morgan fingerprint density at radius 3 is 2.50 bits per heavy atom. The largest absolute Gasteiger partial charge is 0.393 e. The van der Waals surface area contributed by atoms with Crippen LogP contribution in [-0.2, 0) is 0 Å². The zero-order valence-corrected chi connectivity index (χ0v) is 20.7. The average Bonchev–Trinajstić information content (AvgIpc) is 3.06. The van der Waals surface area contributed by atoms with E-state index < -0.39 is 0 Å². The summed E-state index contributed by atoms with van der Waals surface area (Å²) in [7, 11) is 0. The van der Waals surface area contributed by atoms with Gasteiger partial charge in [0, 0.05) is 0 Å². The number of allylic oxidation sites excluding steroid dienone is 3. The summed E-state index contributed by atoms with van der Waals surface area (Å²) >= 11 is 0. The van der Waals surface area contributed by atoms with Crippen molar-refractivity contribution in [1.82, 2.24) is 0 Å². The van der Waals surface area contributed by atoms with Gasteiger partial charge in [0.05, 0.1) is 6.10 Å². The summed E-state index contributed by atoms with van der Waals surface area (Å²) in [6.45, 7) is 14.8. The van der Waals surface area contributed by atoms with Crippen molar-refractivity contribution in [3.8, 4) is 0 Å². The fourth-order valence-electron chi connectivity index (χ4n) is 8.83. The molecule has 1 nitrogen and oxygen atoms in total. The second-order valence-corrected chi connectivity index (χ2v) is 12.4. The van der Waals surface area contributed by atoms with Gasteiger partial charge >= 0.3 is 0 Å². The van der Waals surface area contributed by atoms with Gasteiger partial charge in [0.25, 0.3) is 0 Å². The Labute approximate surface area is 186 Å². The maximum atomic E-state index is 10.2. The summed E-state index contributed by atoms with van der Waals surface area (Å²) < 4.78 is 0. The van der Waals surface area contributed by atoms with E-state index in [2.05, 4.69) is 59.8 Å². The molecule has 0 amide bonds. The quantitative estimate of drug-likeness (QED) is 0.457. The number of hydrogen-bond acceptors (Lipinski definition) is 1. The normalized spacial score (nSPS) is 45.6. The smallest absolute Gasteiger partial charge is 0.0577 e. The third kappa shape index (κ3) is 3.66. The summed E-state index contributed by atoms with van der Waals surface area (Å²) in [5.41, 5.74) is 2.51. The molecule has 0 heterocycles. The highest BCUT2D eigenvalue weighted by Gasteiger charge is 2.58. The van der Waals surface area contributed by atoms with Gasteiger partial charge in [0.1, 0.15) is 0 Å². The van der Waals surface area contributed by atoms with Crippen LogP contribution in [0, 0.1) is 52.3 Å². The molecule has 9 atom stereocenters. The Bertz CT molecular complexity index is 674. The van der Waals surface area contributed by atoms with E-state index in [1.54, 1.807) is 5.57 Å². The maximum absolute atomic E-state index is 10.2. The molecule has 0 spiro atoms. The standard InChI is InChI=1S/C29H48O/c1-7-21(19(2)3)9-8-20(4)25-12-13-26-24-11-10-22-18-23(30)14-16-28(22,5)27(24)15-17-29(25,26)6/h8-10,19-21,23-27,30H,7,11-18H2,1-6H3/b9-8+/t20-,21-,23+,24-,25-,26+,27-,28+,29-/m1/s1. The van der Waals surface area contributed by atoms with Gasteiger partial charge in [-0.1, -0.05) is 65.3 Å². The molecule has 1 heteroatoms. The summed E-state index contributed by atoms with van der Waals surface area (Å²) in [6.07, 6.45) is 19.1. The molecule has 0 bridgehead atoms. The van der Waals surface area contributed by atoms with Gasteiger partial charge in [0.15, 0.2) is 0 Å². The van der Waals surface area contributed by atoms with Gasteiger partial charge in [-0.05, 0) is 110 Å². The molecule has 170 valence electrons. The van der Waals surface area contributed by atoms with Crippen LogP contribution in [0.15, 0.2) is 23.8 Å². The van der Waals surface area contributed by atoms with Crippen molar-refractivity contribution < 1.29 is 5.11 Å². The lowest BCUT2D eigenvalue weighted by atomic mass is 9.47. The summed E-state index contributed by atoms with van der Waals surface area (Å²) in [5, 5.41) is 10.2. The minimum atomic E-state index is -0.0870. The van der Waals surface area contributed by atoms with E-state index in [1.165, 1.54) is 44.9 Å². The Kier molecular flexibility index (Phi) is 6.35. The van der Waals surface area contributed by atoms with Crippen LogP contribution in [0.5, 0.6) is 0 Å². The monoisotopic (exact) mass is 412 g/mol. The Morgan fingerprint density at radius 1 is 1.03 bits per heavy atom. The van der Waals surface area contributed by atoms with E-state index in [-0.39, 0.29) is 6.10 Å². The molecule has 0 aromatic carbocycles. The highest BCUT2D eigenvalue weighted by molar-refractivity contribution is 5.25. The molecule has 4 aliphatic carbocycles. The lowest BCUT2D eigenvalue weighted by Gasteiger charge is -2.58. The van der Waals surface area contributed by atoms with Crippen LogP contribution in [0.25, 0.3) is 0 Å². The summed E-state index contributed by atoms with van der Waals surface area (Å²) in [4.78, 5) is 0. The molecule has 4 rings (SSSR count). The van der Waals surface area contributed by atoms with Crippen LogP contribution in [0.3, 0.4) is 0 Å². The molecule has 0 unspecified atom stereocenters. The lowest BCUT2D eigenvalue weighted by Crippen LogP contribution is -2.50. The van der Waals surface area contributed by atoms with Gasteiger partial charge in [-0.3, -0.25) is 0 Å². The topological polar surface area (TPSA) is 20.2 Å². The van der Waals surface area contributed by atoms with E-state index >= 15 is 0 Å². The first kappa shape index (κ1) is 22.6. The highest BCUT2D eigenvalue weighted by Crippen LogP contribution is 2.67. The zero-order chi connectivity index (χ0) is 21.7. The molecular weight excluding hydrogens is 364 g/mol. The highest BCUT2D eigenvalue weighted by atomic mass is 16.3. The third-order valence-corrected chi connectivity index (χ3v) is 10.8. The Hall–Kier alpha value is -0.560. The van der Waals surface area contributed by atoms with Crippen molar-refractivity contribution in [1.29, 1.82) is 0 Å². The zero-order valence-electron chi connectivity index (χ0n) is 20.7. The summed E-state index contributed by atoms with van der Waals surface area (Å²) in [5.74, 6) is 5.70. The van der Waals surface area contributed by atoms with Crippen LogP contribution in [-0.4, -0.2) is 11.2 Å². The second-order valence-electron chi connectivity index (χ2n) is 12.4. The number of rotatable bonds is 5. The van der Waals surface area contributed by atoms with Crippen molar-refractivity contribution in [2.75, 3.05) is 0 Å². The third-order valence-electron chi connectivity index (χ3n) is 10.8. The van der Waals surface area contributed by atoms with Crippen LogP contribution in [0.1, 0.15) is 99.3 Å². The molecule has 0 saturated heterocycles. The predicted octanol–water partition coefficient (Wildman–Crippen LogP) is 7.80. The van der Waals surface area contributed by atoms with E-state index in [0.717, 1.165) is 48.3 Å². The number of aliphatic hydroxyl groups excluding tert-OH is 1. The first-order valence-electron chi connectivity index (χ1n) is 13.3. The minimum absolute atomic E-state index is 0.0870. The van der Waals surface area contributed by atoms with E-state index in [0.29, 0.717) is 16.7 Å². The Morgan fingerprint density at radius 2 is 1.80 bits per heavy atom. The molecule has 4 aliphatic rings. The fraction of sp³-hybridized carbons (Fsp3) is 0.862. The Balaban J connectivity index is 1.52. The fourth-order valence-corrected chi connectivity index (χ4v) is 8.83. The van der Waals surface area contributed by atoms with Crippen molar-refractivity contribution >= 4 is 0 Å². The first-order valence-corrected chi connectivity index (χ1v) is 13.3. The van der Waals surface area contributed by atoms with Crippen molar-refractivity contribution in [3.63, 3.8) is 0 Å². The van der Waals surface area contributed by atoms with Crippen LogP contribution < -0.4 is 0 Å². The van der Waals surface area contributed by atoms with Crippen LogP contribution >= 0.6 is 0 Å². The van der Waals surface area contributed by atoms with Crippen LogP contribution in [0.4, 0.5) is 0 Å². The van der Waals surface area contributed by atoms with Crippen molar-refractivity contribution in [3.05, 3.63) is 23.8 Å². The molecule has 3 fully saturated rings. The minimum Gasteiger partial charge on any atom is -0.393 e. The SMILES string of the molecule is CC[C@H](/C=C/[C@@H](C)[C@H]1CC[C@H]2[C@H]3CC=C4C[C@@H](O)CC[C@]4(C)[C@@H]3CC[C@]12C)C(C)C. The van der Waals surface area contributed by atoms with Gasteiger partial charge in [0.2, 0.25) is 0 Å². The number of fused-ring (bicyclic) bond motifs is 5. The number of aliphatic hydroxyl groups is 1.